The molecule has 0 atom stereocenters. The van der Waals surface area contributed by atoms with Gasteiger partial charge in [-0.1, -0.05) is 12.1 Å². The summed E-state index contributed by atoms with van der Waals surface area (Å²) in [7, 11) is 3.19. The second-order valence-corrected chi connectivity index (χ2v) is 6.80. The number of nitrogens with one attached hydrogen (secondary N) is 1. The van der Waals surface area contributed by atoms with E-state index in [1.54, 1.807) is 14.2 Å². The molecule has 4 rings (SSSR count). The Morgan fingerprint density at radius 1 is 1.14 bits per heavy atom. The van der Waals surface area contributed by atoms with Gasteiger partial charge in [-0.15, -0.1) is 11.3 Å². The number of thiazole rings is 1. The Morgan fingerprint density at radius 3 is 2.79 bits per heavy atom. The van der Waals surface area contributed by atoms with E-state index in [2.05, 4.69) is 15.3 Å². The number of benzene rings is 2. The summed E-state index contributed by atoms with van der Waals surface area (Å²) in [4.78, 5) is 21.0. The largest absolute Gasteiger partial charge is 0.497 e. The maximum absolute atomic E-state index is 12.2. The van der Waals surface area contributed by atoms with Crippen LogP contribution in [0.1, 0.15) is 5.89 Å². The molecule has 0 saturated carbocycles. The minimum absolute atomic E-state index is 0.328. The molecule has 0 aliphatic rings. The Balaban J connectivity index is 1.48. The first-order valence-corrected chi connectivity index (χ1v) is 9.57. The summed E-state index contributed by atoms with van der Waals surface area (Å²) >= 11 is 1.32. The topological polar surface area (TPSA) is 86.5 Å². The molecular formula is C21H17N3O4S. The zero-order valence-electron chi connectivity index (χ0n) is 15.7. The summed E-state index contributed by atoms with van der Waals surface area (Å²) in [5, 5.41) is 5.06. The second-order valence-electron chi connectivity index (χ2n) is 5.95. The number of oxazole rings is 1. The maximum Gasteiger partial charge on any atom is 0.250 e. The molecule has 29 heavy (non-hydrogen) atoms. The number of aromatic nitrogens is 2. The lowest BCUT2D eigenvalue weighted by Crippen LogP contribution is -2.07. The lowest BCUT2D eigenvalue weighted by molar-refractivity contribution is -0.111. The van der Waals surface area contributed by atoms with Crippen molar-refractivity contribution in [2.75, 3.05) is 19.5 Å². The lowest BCUT2D eigenvalue weighted by Gasteiger charge is -2.08. The maximum atomic E-state index is 12.2. The standard InChI is InChI=1S/C21H17N3O4S/c1-26-13-7-8-17(27-2)14(11-13)16-12-29-21(23-16)24-19(25)9-10-20-22-15-5-3-4-6-18(15)28-20/h3-12H,1-2H3,(H,23,24,25)/b10-9+. The third kappa shape index (κ3) is 4.12. The van der Waals surface area contributed by atoms with Crippen molar-refractivity contribution in [2.45, 2.75) is 0 Å². The van der Waals surface area contributed by atoms with Crippen LogP contribution in [0.3, 0.4) is 0 Å². The van der Waals surface area contributed by atoms with Gasteiger partial charge in [0.1, 0.15) is 17.0 Å². The molecule has 1 N–H and O–H groups in total. The Labute approximate surface area is 170 Å². The molecule has 0 saturated heterocycles. The summed E-state index contributed by atoms with van der Waals surface area (Å²) in [5.41, 5.74) is 2.88. The SMILES string of the molecule is COc1ccc(OC)c(-c2csc(NC(=O)/C=C/c3nc4ccccc4o3)n2)c1. The van der Waals surface area contributed by atoms with Crippen LogP contribution in [-0.4, -0.2) is 30.1 Å². The molecule has 0 spiro atoms. The van der Waals surface area contributed by atoms with Gasteiger partial charge in [-0.2, -0.15) is 0 Å². The Hall–Kier alpha value is -3.65. The third-order valence-corrected chi connectivity index (χ3v) is 4.86. The van der Waals surface area contributed by atoms with Gasteiger partial charge in [-0.25, -0.2) is 9.97 Å². The minimum Gasteiger partial charge on any atom is -0.497 e. The molecule has 0 radical (unpaired) electrons. The van der Waals surface area contributed by atoms with E-state index < -0.39 is 0 Å². The van der Waals surface area contributed by atoms with E-state index in [-0.39, 0.29) is 5.91 Å². The summed E-state index contributed by atoms with van der Waals surface area (Å²) in [6.45, 7) is 0. The van der Waals surface area contributed by atoms with Crippen LogP contribution in [0.2, 0.25) is 0 Å². The quantitative estimate of drug-likeness (QED) is 0.469. The number of para-hydroxylation sites is 2. The summed E-state index contributed by atoms with van der Waals surface area (Å²) in [6, 6.07) is 12.9. The van der Waals surface area contributed by atoms with Crippen molar-refractivity contribution in [1.82, 2.24) is 9.97 Å². The summed E-state index contributed by atoms with van der Waals surface area (Å²) in [5.74, 6) is 1.40. The molecule has 1 amide bonds. The van der Waals surface area contributed by atoms with Crippen LogP contribution < -0.4 is 14.8 Å². The van der Waals surface area contributed by atoms with Gasteiger partial charge in [-0.3, -0.25) is 10.1 Å². The molecule has 146 valence electrons. The van der Waals surface area contributed by atoms with Crippen LogP contribution in [0.5, 0.6) is 11.5 Å². The third-order valence-electron chi connectivity index (χ3n) is 4.10. The smallest absolute Gasteiger partial charge is 0.250 e. The molecule has 2 aromatic carbocycles. The van der Waals surface area contributed by atoms with Gasteiger partial charge in [0.15, 0.2) is 10.7 Å². The predicted molar refractivity (Wildman–Crippen MR) is 112 cm³/mol. The van der Waals surface area contributed by atoms with E-state index in [0.29, 0.717) is 33.8 Å². The highest BCUT2D eigenvalue weighted by Crippen LogP contribution is 2.35. The lowest BCUT2D eigenvalue weighted by atomic mass is 10.1. The number of fused-ring (bicyclic) bond motifs is 1. The normalized spacial score (nSPS) is 11.1. The Morgan fingerprint density at radius 2 is 2.00 bits per heavy atom. The first kappa shape index (κ1) is 18.7. The minimum atomic E-state index is -0.328. The number of methoxy groups -OCH3 is 2. The molecule has 2 heterocycles. The Kier molecular flexibility index (Phi) is 5.26. The van der Waals surface area contributed by atoms with E-state index in [0.717, 1.165) is 11.1 Å². The van der Waals surface area contributed by atoms with Crippen molar-refractivity contribution >= 4 is 39.6 Å². The fourth-order valence-electron chi connectivity index (χ4n) is 2.72. The van der Waals surface area contributed by atoms with Gasteiger partial charge < -0.3 is 13.9 Å². The fourth-order valence-corrected chi connectivity index (χ4v) is 3.44. The molecule has 0 fully saturated rings. The number of carbonyl (C=O) groups is 1. The number of ether oxygens (including phenoxy) is 2. The number of anilines is 1. The molecule has 0 aliphatic carbocycles. The van der Waals surface area contributed by atoms with E-state index in [1.807, 2.05) is 47.8 Å². The van der Waals surface area contributed by atoms with Gasteiger partial charge in [0.2, 0.25) is 11.8 Å². The van der Waals surface area contributed by atoms with Crippen molar-refractivity contribution in [3.05, 3.63) is 59.8 Å². The van der Waals surface area contributed by atoms with Gasteiger partial charge in [-0.05, 0) is 30.3 Å². The van der Waals surface area contributed by atoms with E-state index >= 15 is 0 Å². The number of nitrogens with zero attached hydrogens (tertiary/aromatic N) is 2. The summed E-state index contributed by atoms with van der Waals surface area (Å²) in [6.07, 6.45) is 2.88. The Bertz CT molecular complexity index is 1160. The average molecular weight is 407 g/mol. The highest BCUT2D eigenvalue weighted by molar-refractivity contribution is 7.14. The molecule has 8 heteroatoms. The van der Waals surface area contributed by atoms with Crippen molar-refractivity contribution in [3.8, 4) is 22.8 Å². The number of rotatable bonds is 6. The molecule has 7 nitrogen and oxygen atoms in total. The molecule has 4 aromatic rings. The molecule has 0 unspecified atom stereocenters. The molecular weight excluding hydrogens is 390 g/mol. The van der Waals surface area contributed by atoms with Crippen LogP contribution in [-0.2, 0) is 4.79 Å². The summed E-state index contributed by atoms with van der Waals surface area (Å²) < 4.78 is 16.2. The first-order chi connectivity index (χ1) is 14.2. The first-order valence-electron chi connectivity index (χ1n) is 8.69. The highest BCUT2D eigenvalue weighted by Gasteiger charge is 2.12. The van der Waals surface area contributed by atoms with Crippen LogP contribution in [0.4, 0.5) is 5.13 Å². The van der Waals surface area contributed by atoms with Crippen LogP contribution in [0.25, 0.3) is 28.4 Å². The van der Waals surface area contributed by atoms with E-state index in [4.69, 9.17) is 13.9 Å². The van der Waals surface area contributed by atoms with Crippen molar-refractivity contribution in [1.29, 1.82) is 0 Å². The zero-order chi connectivity index (χ0) is 20.2. The van der Waals surface area contributed by atoms with Gasteiger partial charge >= 0.3 is 0 Å². The van der Waals surface area contributed by atoms with Gasteiger partial charge in [0.25, 0.3) is 0 Å². The fraction of sp³-hybridized carbons (Fsp3) is 0.0952. The molecule has 0 bridgehead atoms. The second kappa shape index (κ2) is 8.15. The van der Waals surface area contributed by atoms with Gasteiger partial charge in [0, 0.05) is 23.1 Å². The number of hydrogen-bond donors (Lipinski definition) is 1. The van der Waals surface area contributed by atoms with Crippen molar-refractivity contribution in [2.24, 2.45) is 0 Å². The molecule has 0 aliphatic heterocycles. The zero-order valence-corrected chi connectivity index (χ0v) is 16.5. The highest BCUT2D eigenvalue weighted by atomic mass is 32.1. The van der Waals surface area contributed by atoms with E-state index in [9.17, 15) is 4.79 Å². The number of hydrogen-bond acceptors (Lipinski definition) is 7. The van der Waals surface area contributed by atoms with Crippen molar-refractivity contribution < 1.29 is 18.7 Å². The van der Waals surface area contributed by atoms with Crippen molar-refractivity contribution in [3.63, 3.8) is 0 Å². The van der Waals surface area contributed by atoms with Gasteiger partial charge in [0.05, 0.1) is 19.9 Å². The number of carbonyl (C=O) groups excluding carboxylic acids is 1. The molecule has 2 aromatic heterocycles. The van der Waals surface area contributed by atoms with Crippen LogP contribution in [0, 0.1) is 0 Å². The monoisotopic (exact) mass is 407 g/mol. The van der Waals surface area contributed by atoms with Crippen LogP contribution in [0.15, 0.2) is 58.3 Å². The predicted octanol–water partition coefficient (Wildman–Crippen LogP) is 4.62. The number of amides is 1. The van der Waals surface area contributed by atoms with E-state index in [1.165, 1.54) is 23.5 Å². The van der Waals surface area contributed by atoms with Crippen LogP contribution >= 0.6 is 11.3 Å². The average Bonchev–Trinajstić information content (AvgIpc) is 3.38.